The van der Waals surface area contributed by atoms with Gasteiger partial charge in [-0.05, 0) is 19.8 Å². The molecule has 0 amide bonds. The average molecular weight is 258 g/mol. The molecule has 1 aromatic heterocycles. The molecule has 0 aliphatic rings. The van der Waals surface area contributed by atoms with Crippen LogP contribution in [-0.2, 0) is 29.9 Å². The number of aromatic nitrogens is 1. The van der Waals surface area contributed by atoms with E-state index in [-0.39, 0.29) is 16.2 Å². The maximum atomic E-state index is 11.6. The van der Waals surface area contributed by atoms with E-state index in [1.54, 1.807) is 11.6 Å². The normalized spacial score (nSPS) is 11.8. The number of rotatable bonds is 4. The molecule has 0 aromatic carbocycles. The molecule has 2 N–H and O–H groups in total. The summed E-state index contributed by atoms with van der Waals surface area (Å²) in [6, 6.07) is 0. The molecule has 0 bridgehead atoms. The molecule has 1 rings (SSSR count). The smallest absolute Gasteiger partial charge is 0.240 e. The molecule has 1 heterocycles. The molecule has 0 aliphatic carbocycles. The zero-order chi connectivity index (χ0) is 13.4. The molecule has 17 heavy (non-hydrogen) atoms. The SMILES string of the molecule is CCc1c(C(C)=O)c(S(N)(=O)=O)c(CC)n1C. The van der Waals surface area contributed by atoms with E-state index >= 15 is 0 Å². The van der Waals surface area contributed by atoms with Crippen molar-refractivity contribution in [1.29, 1.82) is 0 Å². The second kappa shape index (κ2) is 4.62. The second-order valence-electron chi connectivity index (χ2n) is 3.96. The largest absolute Gasteiger partial charge is 0.350 e. The fourth-order valence-corrected chi connectivity index (χ4v) is 3.40. The Balaban J connectivity index is 3.84. The van der Waals surface area contributed by atoms with Crippen LogP contribution in [0.15, 0.2) is 4.90 Å². The van der Waals surface area contributed by atoms with Gasteiger partial charge < -0.3 is 4.57 Å². The first-order valence-corrected chi connectivity index (χ1v) is 7.04. The molecule has 6 heteroatoms. The number of nitrogens with zero attached hydrogens (tertiary/aromatic N) is 1. The molecular weight excluding hydrogens is 240 g/mol. The van der Waals surface area contributed by atoms with Crippen LogP contribution < -0.4 is 5.14 Å². The molecule has 96 valence electrons. The number of nitrogens with two attached hydrogens (primary N) is 1. The Bertz CT molecular complexity index is 556. The van der Waals surface area contributed by atoms with E-state index in [4.69, 9.17) is 5.14 Å². The number of hydrogen-bond acceptors (Lipinski definition) is 3. The van der Waals surface area contributed by atoms with Crippen molar-refractivity contribution in [3.05, 3.63) is 17.0 Å². The van der Waals surface area contributed by atoms with Crippen LogP contribution in [0.1, 0.15) is 42.5 Å². The highest BCUT2D eigenvalue weighted by Crippen LogP contribution is 2.27. The van der Waals surface area contributed by atoms with Gasteiger partial charge in [0.25, 0.3) is 0 Å². The predicted octanol–water partition coefficient (Wildman–Crippen LogP) is 1.000. The molecule has 0 fully saturated rings. The average Bonchev–Trinajstić information content (AvgIpc) is 2.49. The van der Waals surface area contributed by atoms with E-state index in [0.29, 0.717) is 18.5 Å². The zero-order valence-electron chi connectivity index (χ0n) is 10.6. The molecule has 1 aromatic rings. The minimum Gasteiger partial charge on any atom is -0.350 e. The molecule has 0 aliphatic heterocycles. The number of carbonyl (C=O) groups is 1. The summed E-state index contributed by atoms with van der Waals surface area (Å²) in [4.78, 5) is 11.6. The van der Waals surface area contributed by atoms with E-state index in [1.165, 1.54) is 6.92 Å². The number of sulfonamides is 1. The Kier molecular flexibility index (Phi) is 3.78. The third-order valence-electron chi connectivity index (χ3n) is 2.89. The van der Waals surface area contributed by atoms with Crippen LogP contribution >= 0.6 is 0 Å². The predicted molar refractivity (Wildman–Crippen MR) is 65.5 cm³/mol. The third-order valence-corrected chi connectivity index (χ3v) is 3.90. The van der Waals surface area contributed by atoms with Crippen LogP contribution in [0.2, 0.25) is 0 Å². The Morgan fingerprint density at radius 2 is 1.71 bits per heavy atom. The number of hydrogen-bond donors (Lipinski definition) is 1. The molecule has 0 radical (unpaired) electrons. The van der Waals surface area contributed by atoms with Crippen molar-refractivity contribution in [3.8, 4) is 0 Å². The monoisotopic (exact) mass is 258 g/mol. The lowest BCUT2D eigenvalue weighted by molar-refractivity contribution is 0.101. The summed E-state index contributed by atoms with van der Waals surface area (Å²) >= 11 is 0. The van der Waals surface area contributed by atoms with Gasteiger partial charge in [-0.15, -0.1) is 0 Å². The van der Waals surface area contributed by atoms with Crippen molar-refractivity contribution in [2.45, 2.75) is 38.5 Å². The van der Waals surface area contributed by atoms with Crippen LogP contribution in [0.3, 0.4) is 0 Å². The van der Waals surface area contributed by atoms with Crippen LogP contribution in [-0.4, -0.2) is 18.8 Å². The molecule has 0 saturated heterocycles. The maximum Gasteiger partial charge on any atom is 0.240 e. The summed E-state index contributed by atoms with van der Waals surface area (Å²) in [5.41, 5.74) is 1.56. The molecule has 0 saturated carbocycles. The molecular formula is C11H18N2O3S. The molecule has 0 unspecified atom stereocenters. The first kappa shape index (κ1) is 13.9. The second-order valence-corrected chi connectivity index (χ2v) is 5.46. The first-order valence-electron chi connectivity index (χ1n) is 5.49. The van der Waals surface area contributed by atoms with Gasteiger partial charge in [0.15, 0.2) is 5.78 Å². The van der Waals surface area contributed by atoms with Gasteiger partial charge in [0.1, 0.15) is 4.90 Å². The van der Waals surface area contributed by atoms with E-state index < -0.39 is 10.0 Å². The Labute approximate surface area is 102 Å². The summed E-state index contributed by atoms with van der Waals surface area (Å²) in [6.07, 6.45) is 1.11. The maximum absolute atomic E-state index is 11.6. The third kappa shape index (κ3) is 2.28. The molecule has 5 nitrogen and oxygen atoms in total. The Hall–Kier alpha value is -1.14. The van der Waals surface area contributed by atoms with Gasteiger partial charge in [-0.2, -0.15) is 0 Å². The van der Waals surface area contributed by atoms with E-state index in [0.717, 1.165) is 5.69 Å². The number of ketones is 1. The van der Waals surface area contributed by atoms with Crippen LogP contribution in [0.25, 0.3) is 0 Å². The lowest BCUT2D eigenvalue weighted by atomic mass is 10.1. The Morgan fingerprint density at radius 1 is 1.24 bits per heavy atom. The van der Waals surface area contributed by atoms with Gasteiger partial charge in [0.2, 0.25) is 10.0 Å². The zero-order valence-corrected chi connectivity index (χ0v) is 11.4. The highest BCUT2D eigenvalue weighted by molar-refractivity contribution is 7.89. The fraction of sp³-hybridized carbons (Fsp3) is 0.545. The van der Waals surface area contributed by atoms with Gasteiger partial charge in [-0.3, -0.25) is 4.79 Å². The highest BCUT2D eigenvalue weighted by atomic mass is 32.2. The van der Waals surface area contributed by atoms with Crippen molar-refractivity contribution in [1.82, 2.24) is 4.57 Å². The van der Waals surface area contributed by atoms with Crippen LogP contribution in [0.4, 0.5) is 0 Å². The molecule has 0 spiro atoms. The first-order chi connectivity index (χ1) is 7.75. The summed E-state index contributed by atoms with van der Waals surface area (Å²) in [5.74, 6) is -0.263. The quantitative estimate of drug-likeness (QED) is 0.818. The minimum atomic E-state index is -3.87. The minimum absolute atomic E-state index is 0.00755. The van der Waals surface area contributed by atoms with Crippen molar-refractivity contribution in [3.63, 3.8) is 0 Å². The van der Waals surface area contributed by atoms with Crippen molar-refractivity contribution >= 4 is 15.8 Å². The summed E-state index contributed by atoms with van der Waals surface area (Å²) < 4.78 is 25.0. The number of primary sulfonamides is 1. The van der Waals surface area contributed by atoms with E-state index in [9.17, 15) is 13.2 Å². The summed E-state index contributed by atoms with van der Waals surface area (Å²) in [6.45, 7) is 5.09. The van der Waals surface area contributed by atoms with Crippen molar-refractivity contribution < 1.29 is 13.2 Å². The van der Waals surface area contributed by atoms with E-state index in [2.05, 4.69) is 0 Å². The standard InChI is InChI=1S/C11H18N2O3S/c1-5-8-10(7(3)14)11(17(12,15)16)9(6-2)13(8)4/h5-6H2,1-4H3,(H2,12,15,16). The van der Waals surface area contributed by atoms with Gasteiger partial charge >= 0.3 is 0 Å². The summed E-state index contributed by atoms with van der Waals surface area (Å²) in [5, 5.41) is 5.22. The Morgan fingerprint density at radius 3 is 2.00 bits per heavy atom. The van der Waals surface area contributed by atoms with Gasteiger partial charge in [-0.1, -0.05) is 13.8 Å². The number of Topliss-reactive ketones (excluding diaryl/α,β-unsaturated/α-hetero) is 1. The topological polar surface area (TPSA) is 82.2 Å². The van der Waals surface area contributed by atoms with Gasteiger partial charge in [0.05, 0.1) is 5.56 Å². The van der Waals surface area contributed by atoms with Crippen molar-refractivity contribution in [2.75, 3.05) is 0 Å². The van der Waals surface area contributed by atoms with E-state index in [1.807, 2.05) is 13.8 Å². The lowest BCUT2D eigenvalue weighted by Crippen LogP contribution is -2.17. The van der Waals surface area contributed by atoms with Gasteiger partial charge in [0, 0.05) is 18.4 Å². The lowest BCUT2D eigenvalue weighted by Gasteiger charge is -2.04. The van der Waals surface area contributed by atoms with Crippen LogP contribution in [0, 0.1) is 0 Å². The fourth-order valence-electron chi connectivity index (χ4n) is 2.24. The highest BCUT2D eigenvalue weighted by Gasteiger charge is 2.28. The number of carbonyl (C=O) groups excluding carboxylic acids is 1. The summed E-state index contributed by atoms with van der Waals surface area (Å²) in [7, 11) is -2.11. The van der Waals surface area contributed by atoms with Gasteiger partial charge in [-0.25, -0.2) is 13.6 Å². The van der Waals surface area contributed by atoms with Crippen molar-refractivity contribution in [2.24, 2.45) is 12.2 Å². The van der Waals surface area contributed by atoms with Crippen LogP contribution in [0.5, 0.6) is 0 Å². The molecule has 0 atom stereocenters.